The van der Waals surface area contributed by atoms with Gasteiger partial charge in [-0.15, -0.1) is 11.8 Å². The van der Waals surface area contributed by atoms with Crippen molar-refractivity contribution in [2.75, 3.05) is 5.73 Å². The first kappa shape index (κ1) is 17.8. The van der Waals surface area contributed by atoms with Gasteiger partial charge in [-0.05, 0) is 29.8 Å². The maximum atomic E-state index is 12.7. The van der Waals surface area contributed by atoms with E-state index in [1.54, 1.807) is 11.8 Å². The van der Waals surface area contributed by atoms with Gasteiger partial charge in [0.25, 0.3) is 0 Å². The summed E-state index contributed by atoms with van der Waals surface area (Å²) in [5.41, 5.74) is 8.68. The second-order valence-corrected chi connectivity index (χ2v) is 7.85. The predicted octanol–water partition coefficient (Wildman–Crippen LogP) is 6.14. The van der Waals surface area contributed by atoms with E-state index in [4.69, 9.17) is 5.73 Å². The molecule has 0 aliphatic heterocycles. The van der Waals surface area contributed by atoms with Gasteiger partial charge < -0.3 is 5.73 Å². The number of Topliss-reactive ketones (excluding diaryl/α,β-unsaturated/α-hetero) is 1. The summed E-state index contributed by atoms with van der Waals surface area (Å²) in [5, 5.41) is -0.00472. The Morgan fingerprint density at radius 1 is 0.960 bits per heavy atom. The number of nitrogens with two attached hydrogens (primary N) is 1. The summed E-state index contributed by atoms with van der Waals surface area (Å²) in [6.07, 6.45) is 0.416. The number of anilines is 1. The van der Waals surface area contributed by atoms with Gasteiger partial charge in [-0.25, -0.2) is 0 Å². The van der Waals surface area contributed by atoms with Crippen molar-refractivity contribution in [3.8, 4) is 0 Å². The van der Waals surface area contributed by atoms with Gasteiger partial charge in [0.05, 0.1) is 0 Å². The number of benzene rings is 3. The minimum absolute atomic E-state index is 0.00472. The van der Waals surface area contributed by atoms with Crippen molar-refractivity contribution in [2.45, 2.75) is 16.6 Å². The van der Waals surface area contributed by atoms with Crippen LogP contribution in [0, 0.1) is 0 Å². The lowest BCUT2D eigenvalue weighted by Gasteiger charge is -2.18. The van der Waals surface area contributed by atoms with Crippen molar-refractivity contribution >= 4 is 39.2 Å². The Bertz CT molecular complexity index is 867. The number of carbonyl (C=O) groups is 1. The lowest BCUT2D eigenvalue weighted by molar-refractivity contribution is 0.0982. The lowest BCUT2D eigenvalue weighted by atomic mass is 10.0. The van der Waals surface area contributed by atoms with Gasteiger partial charge in [0.2, 0.25) is 0 Å². The van der Waals surface area contributed by atoms with E-state index in [2.05, 4.69) is 28.1 Å². The van der Waals surface area contributed by atoms with Crippen molar-refractivity contribution in [2.24, 2.45) is 0 Å². The van der Waals surface area contributed by atoms with Crippen LogP contribution in [0.4, 0.5) is 5.69 Å². The summed E-state index contributed by atoms with van der Waals surface area (Å²) >= 11 is 5.16. The maximum absolute atomic E-state index is 12.7. The van der Waals surface area contributed by atoms with Crippen LogP contribution in [0.3, 0.4) is 0 Å². The zero-order valence-corrected chi connectivity index (χ0v) is 16.0. The molecule has 0 aliphatic rings. The van der Waals surface area contributed by atoms with E-state index in [0.29, 0.717) is 6.42 Å². The van der Waals surface area contributed by atoms with Gasteiger partial charge >= 0.3 is 0 Å². The molecule has 0 aliphatic carbocycles. The van der Waals surface area contributed by atoms with Gasteiger partial charge in [0.15, 0.2) is 5.78 Å². The standard InChI is InChI=1S/C21H18BrNOS/c22-17-10-6-9-16(13-17)21(25-20-12-5-4-11-18(20)23)14-19(24)15-7-2-1-3-8-15/h1-13,21H,14,23H2/t21-/m1/s1. The van der Waals surface area contributed by atoms with Gasteiger partial charge in [-0.3, -0.25) is 4.79 Å². The number of carbonyl (C=O) groups excluding carboxylic acids is 1. The molecule has 2 N–H and O–H groups in total. The zero-order chi connectivity index (χ0) is 17.6. The van der Waals surface area contributed by atoms with Crippen molar-refractivity contribution in [1.82, 2.24) is 0 Å². The smallest absolute Gasteiger partial charge is 0.164 e. The normalized spacial score (nSPS) is 11.9. The minimum atomic E-state index is -0.00472. The quantitative estimate of drug-likeness (QED) is 0.301. The first-order chi connectivity index (χ1) is 12.1. The molecule has 0 spiro atoms. The first-order valence-electron chi connectivity index (χ1n) is 7.98. The average Bonchev–Trinajstić information content (AvgIpc) is 2.63. The van der Waals surface area contributed by atoms with Crippen molar-refractivity contribution in [3.63, 3.8) is 0 Å². The number of ketones is 1. The molecular formula is C21H18BrNOS. The molecule has 3 aromatic rings. The Labute approximate surface area is 160 Å². The average molecular weight is 412 g/mol. The number of halogens is 1. The number of nitrogen functional groups attached to an aromatic ring is 1. The summed E-state index contributed by atoms with van der Waals surface area (Å²) in [7, 11) is 0. The third-order valence-corrected chi connectivity index (χ3v) is 5.72. The van der Waals surface area contributed by atoms with Crippen molar-refractivity contribution < 1.29 is 4.79 Å². The van der Waals surface area contributed by atoms with E-state index >= 15 is 0 Å². The van der Waals surface area contributed by atoms with Crippen LogP contribution in [0.1, 0.15) is 27.6 Å². The molecule has 0 bridgehead atoms. The molecule has 3 aromatic carbocycles. The van der Waals surface area contributed by atoms with Crippen LogP contribution < -0.4 is 5.73 Å². The van der Waals surface area contributed by atoms with E-state index < -0.39 is 0 Å². The highest BCUT2D eigenvalue weighted by Crippen LogP contribution is 2.41. The molecule has 3 rings (SSSR count). The van der Waals surface area contributed by atoms with Crippen molar-refractivity contribution in [3.05, 3.63) is 94.5 Å². The molecule has 0 saturated carbocycles. The fourth-order valence-electron chi connectivity index (χ4n) is 2.59. The highest BCUT2D eigenvalue weighted by molar-refractivity contribution is 9.10. The van der Waals surface area contributed by atoms with Gasteiger partial charge in [-0.2, -0.15) is 0 Å². The van der Waals surface area contributed by atoms with Crippen LogP contribution in [-0.4, -0.2) is 5.78 Å². The number of hydrogen-bond donors (Lipinski definition) is 1. The van der Waals surface area contributed by atoms with Crippen LogP contribution in [-0.2, 0) is 0 Å². The second-order valence-electron chi connectivity index (χ2n) is 5.69. The number of rotatable bonds is 6. The van der Waals surface area contributed by atoms with Crippen LogP contribution in [0.5, 0.6) is 0 Å². The molecular weight excluding hydrogens is 394 g/mol. The molecule has 0 saturated heterocycles. The Kier molecular flexibility index (Phi) is 5.95. The summed E-state index contributed by atoms with van der Waals surface area (Å²) in [4.78, 5) is 13.7. The third kappa shape index (κ3) is 4.74. The lowest BCUT2D eigenvalue weighted by Crippen LogP contribution is -2.06. The summed E-state index contributed by atoms with van der Waals surface area (Å²) in [5.74, 6) is 0.132. The van der Waals surface area contributed by atoms with Gasteiger partial charge in [-0.1, -0.05) is 70.5 Å². The molecule has 1 atom stereocenters. The topological polar surface area (TPSA) is 43.1 Å². The number of para-hydroxylation sites is 1. The Balaban J connectivity index is 1.89. The van der Waals surface area contributed by atoms with Gasteiger partial charge in [0.1, 0.15) is 0 Å². The van der Waals surface area contributed by atoms with Crippen LogP contribution in [0.15, 0.2) is 88.2 Å². The number of hydrogen-bond acceptors (Lipinski definition) is 3. The fraction of sp³-hybridized carbons (Fsp3) is 0.0952. The Morgan fingerprint density at radius 2 is 1.68 bits per heavy atom. The fourth-order valence-corrected chi connectivity index (χ4v) is 4.19. The highest BCUT2D eigenvalue weighted by atomic mass is 79.9. The van der Waals surface area contributed by atoms with E-state index in [1.807, 2.05) is 66.7 Å². The predicted molar refractivity (Wildman–Crippen MR) is 109 cm³/mol. The molecule has 25 heavy (non-hydrogen) atoms. The molecule has 0 heterocycles. The Hall–Kier alpha value is -2.04. The maximum Gasteiger partial charge on any atom is 0.164 e. The summed E-state index contributed by atoms with van der Waals surface area (Å²) < 4.78 is 1.00. The molecule has 126 valence electrons. The largest absolute Gasteiger partial charge is 0.398 e. The Morgan fingerprint density at radius 3 is 2.40 bits per heavy atom. The van der Waals surface area contributed by atoms with Crippen molar-refractivity contribution in [1.29, 1.82) is 0 Å². The zero-order valence-electron chi connectivity index (χ0n) is 13.6. The summed E-state index contributed by atoms with van der Waals surface area (Å²) in [6, 6.07) is 25.3. The van der Waals surface area contributed by atoms with Crippen LogP contribution >= 0.6 is 27.7 Å². The van der Waals surface area contributed by atoms with E-state index in [1.165, 1.54) is 0 Å². The van der Waals surface area contributed by atoms with Gasteiger partial charge in [0, 0.05) is 32.3 Å². The van der Waals surface area contributed by atoms with E-state index in [-0.39, 0.29) is 11.0 Å². The second kappa shape index (κ2) is 8.37. The molecule has 0 radical (unpaired) electrons. The molecule has 0 fully saturated rings. The van der Waals surface area contributed by atoms with Crippen LogP contribution in [0.2, 0.25) is 0 Å². The summed E-state index contributed by atoms with van der Waals surface area (Å²) in [6.45, 7) is 0. The van der Waals surface area contributed by atoms with E-state index in [0.717, 1.165) is 26.2 Å². The molecule has 0 amide bonds. The molecule has 0 aromatic heterocycles. The molecule has 0 unspecified atom stereocenters. The van der Waals surface area contributed by atoms with Crippen LogP contribution in [0.25, 0.3) is 0 Å². The SMILES string of the molecule is Nc1ccccc1S[C@H](CC(=O)c1ccccc1)c1cccc(Br)c1. The number of thioether (sulfide) groups is 1. The molecule has 2 nitrogen and oxygen atoms in total. The van der Waals surface area contributed by atoms with E-state index in [9.17, 15) is 4.79 Å². The first-order valence-corrected chi connectivity index (χ1v) is 9.65. The monoisotopic (exact) mass is 411 g/mol. The minimum Gasteiger partial charge on any atom is -0.398 e. The highest BCUT2D eigenvalue weighted by Gasteiger charge is 2.19. The molecule has 4 heteroatoms. The third-order valence-electron chi connectivity index (χ3n) is 3.88.